The smallest absolute Gasteiger partial charge is 0.328 e. The largest absolute Gasteiger partial charge is 0.334 e. The van der Waals surface area contributed by atoms with Gasteiger partial charge in [-0.1, -0.05) is 28.4 Å². The molecule has 3 rings (SSSR count). The first-order valence-electron chi connectivity index (χ1n) is 6.11. The van der Waals surface area contributed by atoms with E-state index in [1.165, 1.54) is 10.8 Å². The molecule has 0 aliphatic rings. The number of nitrogens with one attached hydrogen (secondary N) is 1. The van der Waals surface area contributed by atoms with Crippen molar-refractivity contribution in [3.63, 3.8) is 0 Å². The number of aromatic amines is 1. The summed E-state index contributed by atoms with van der Waals surface area (Å²) in [5.74, 6) is 0.574. The number of nitrogens with zero attached hydrogens (tertiary/aromatic N) is 3. The summed E-state index contributed by atoms with van der Waals surface area (Å²) in [6.07, 6.45) is 1.22. The first-order valence-corrected chi connectivity index (χ1v) is 6.86. The van der Waals surface area contributed by atoms with Crippen LogP contribution in [0.5, 0.6) is 0 Å². The normalized spacial score (nSPS) is 10.8. The molecule has 2 aromatic heterocycles. The van der Waals surface area contributed by atoms with Gasteiger partial charge >= 0.3 is 5.69 Å². The maximum Gasteiger partial charge on any atom is 0.328 e. The van der Waals surface area contributed by atoms with Gasteiger partial charge in [-0.15, -0.1) is 0 Å². The zero-order valence-corrected chi connectivity index (χ0v) is 12.4. The Kier molecular flexibility index (Phi) is 3.82. The molecule has 0 fully saturated rings. The highest BCUT2D eigenvalue weighted by Gasteiger charge is 2.11. The van der Waals surface area contributed by atoms with Gasteiger partial charge in [0.05, 0.1) is 6.54 Å². The zero-order valence-electron chi connectivity index (χ0n) is 10.9. The van der Waals surface area contributed by atoms with Crippen LogP contribution in [0.3, 0.4) is 0 Å². The quantitative estimate of drug-likeness (QED) is 0.787. The van der Waals surface area contributed by atoms with Crippen molar-refractivity contribution < 1.29 is 4.52 Å². The Hall–Kier alpha value is -2.38. The molecule has 0 aliphatic carbocycles. The molecular weight excluding hydrogens is 331 g/mol. The molecule has 1 N–H and O–H groups in total. The molecule has 3 aromatic rings. The highest BCUT2D eigenvalue weighted by Crippen LogP contribution is 2.19. The van der Waals surface area contributed by atoms with Gasteiger partial charge in [0.2, 0.25) is 0 Å². The maximum absolute atomic E-state index is 11.7. The predicted octanol–water partition coefficient (Wildman–Crippen LogP) is 1.94. The monoisotopic (exact) mass is 338 g/mol. The highest BCUT2D eigenvalue weighted by atomic mass is 35.5. The van der Waals surface area contributed by atoms with Crippen molar-refractivity contribution in [1.82, 2.24) is 19.7 Å². The summed E-state index contributed by atoms with van der Waals surface area (Å²) >= 11 is 11.5. The number of H-pyrrole nitrogens is 1. The van der Waals surface area contributed by atoms with Crippen LogP contribution in [0, 0.1) is 0 Å². The maximum atomic E-state index is 11.7. The van der Waals surface area contributed by atoms with Gasteiger partial charge < -0.3 is 4.52 Å². The van der Waals surface area contributed by atoms with Crippen molar-refractivity contribution in [2.45, 2.75) is 6.54 Å². The van der Waals surface area contributed by atoms with Crippen LogP contribution in [0.1, 0.15) is 5.82 Å². The number of aromatic nitrogens is 4. The third kappa shape index (κ3) is 2.95. The Morgan fingerprint density at radius 1 is 1.18 bits per heavy atom. The van der Waals surface area contributed by atoms with Crippen molar-refractivity contribution in [2.75, 3.05) is 0 Å². The minimum Gasteiger partial charge on any atom is -0.334 e. The van der Waals surface area contributed by atoms with E-state index < -0.39 is 11.2 Å². The SMILES string of the molecule is O=c1[nH]c(=O)n(Cc2noc(-c3ccc(Cl)cc3)n2)cc1Cl. The van der Waals surface area contributed by atoms with Gasteiger partial charge in [-0.3, -0.25) is 14.3 Å². The third-order valence-electron chi connectivity index (χ3n) is 2.84. The van der Waals surface area contributed by atoms with Crippen LogP contribution >= 0.6 is 23.2 Å². The lowest BCUT2D eigenvalue weighted by Gasteiger charge is -2.00. The van der Waals surface area contributed by atoms with Gasteiger partial charge in [0.1, 0.15) is 5.02 Å². The molecule has 0 saturated heterocycles. The summed E-state index contributed by atoms with van der Waals surface area (Å²) < 4.78 is 6.31. The van der Waals surface area contributed by atoms with E-state index in [-0.39, 0.29) is 17.4 Å². The van der Waals surface area contributed by atoms with Crippen LogP contribution in [0.4, 0.5) is 0 Å². The summed E-state index contributed by atoms with van der Waals surface area (Å²) in [5.41, 5.74) is -0.542. The Morgan fingerprint density at radius 3 is 2.64 bits per heavy atom. The molecule has 0 aliphatic heterocycles. The number of rotatable bonds is 3. The summed E-state index contributed by atoms with van der Waals surface area (Å²) in [7, 11) is 0. The third-order valence-corrected chi connectivity index (χ3v) is 3.36. The molecular formula is C13H8Cl2N4O3. The minimum absolute atomic E-state index is 0.0203. The standard InChI is InChI=1S/C13H8Cl2N4O3/c14-8-3-1-7(2-4-8)12-16-10(18-22-12)6-19-5-9(15)11(20)17-13(19)21/h1-5H,6H2,(H,17,20,21). The first-order chi connectivity index (χ1) is 10.5. The summed E-state index contributed by atoms with van der Waals surface area (Å²) in [6.45, 7) is 0.0203. The Balaban J connectivity index is 1.89. The second-order valence-corrected chi connectivity index (χ2v) is 5.23. The molecule has 0 spiro atoms. The molecule has 0 radical (unpaired) electrons. The van der Waals surface area contributed by atoms with Crippen molar-refractivity contribution in [3.05, 3.63) is 67.2 Å². The summed E-state index contributed by atoms with van der Waals surface area (Å²) in [5, 5.41) is 4.29. The molecule has 2 heterocycles. The molecule has 7 nitrogen and oxygen atoms in total. The topological polar surface area (TPSA) is 93.8 Å². The van der Waals surface area contributed by atoms with Crippen LogP contribution in [0.25, 0.3) is 11.5 Å². The molecule has 0 bridgehead atoms. The van der Waals surface area contributed by atoms with E-state index in [0.717, 1.165) is 0 Å². The van der Waals surface area contributed by atoms with Gasteiger partial charge in [0, 0.05) is 16.8 Å². The van der Waals surface area contributed by atoms with Crippen molar-refractivity contribution in [1.29, 1.82) is 0 Å². The number of hydrogen-bond acceptors (Lipinski definition) is 5. The van der Waals surface area contributed by atoms with E-state index >= 15 is 0 Å². The lowest BCUT2D eigenvalue weighted by atomic mass is 10.2. The van der Waals surface area contributed by atoms with Gasteiger partial charge in [-0.2, -0.15) is 4.98 Å². The number of benzene rings is 1. The van der Waals surface area contributed by atoms with E-state index in [1.807, 2.05) is 0 Å². The molecule has 0 atom stereocenters. The second-order valence-electron chi connectivity index (χ2n) is 4.39. The van der Waals surface area contributed by atoms with E-state index in [4.69, 9.17) is 27.7 Å². The highest BCUT2D eigenvalue weighted by molar-refractivity contribution is 6.30. The van der Waals surface area contributed by atoms with Crippen LogP contribution in [0.15, 0.2) is 44.6 Å². The van der Waals surface area contributed by atoms with Gasteiger partial charge in [0.15, 0.2) is 5.82 Å². The number of hydrogen-bond donors (Lipinski definition) is 1. The molecule has 112 valence electrons. The number of halogens is 2. The molecule has 0 amide bonds. The van der Waals surface area contributed by atoms with Crippen LogP contribution in [-0.4, -0.2) is 19.7 Å². The average Bonchev–Trinajstić information content (AvgIpc) is 2.94. The van der Waals surface area contributed by atoms with Crippen LogP contribution in [0.2, 0.25) is 10.0 Å². The van der Waals surface area contributed by atoms with Crippen LogP contribution in [-0.2, 0) is 6.54 Å². The lowest BCUT2D eigenvalue weighted by Crippen LogP contribution is -2.30. The lowest BCUT2D eigenvalue weighted by molar-refractivity contribution is 0.419. The molecule has 0 unspecified atom stereocenters. The predicted molar refractivity (Wildman–Crippen MR) is 80.2 cm³/mol. The molecule has 9 heteroatoms. The summed E-state index contributed by atoms with van der Waals surface area (Å²) in [4.78, 5) is 29.1. The molecule has 1 aromatic carbocycles. The van der Waals surface area contributed by atoms with Crippen molar-refractivity contribution >= 4 is 23.2 Å². The second kappa shape index (κ2) is 5.78. The molecule has 22 heavy (non-hydrogen) atoms. The van der Waals surface area contributed by atoms with Gasteiger partial charge in [-0.25, -0.2) is 4.79 Å². The van der Waals surface area contributed by atoms with Crippen molar-refractivity contribution in [2.24, 2.45) is 0 Å². The Morgan fingerprint density at radius 2 is 1.91 bits per heavy atom. The van der Waals surface area contributed by atoms with Gasteiger partial charge in [-0.05, 0) is 24.3 Å². The Bertz CT molecular complexity index is 927. The fourth-order valence-corrected chi connectivity index (χ4v) is 2.07. The first kappa shape index (κ1) is 14.6. The van der Waals surface area contributed by atoms with Crippen molar-refractivity contribution in [3.8, 4) is 11.5 Å². The zero-order chi connectivity index (χ0) is 15.7. The fraction of sp³-hybridized carbons (Fsp3) is 0.0769. The van der Waals surface area contributed by atoms with E-state index in [2.05, 4.69) is 15.1 Å². The van der Waals surface area contributed by atoms with E-state index in [1.54, 1.807) is 24.3 Å². The summed E-state index contributed by atoms with van der Waals surface area (Å²) in [6, 6.07) is 6.88. The minimum atomic E-state index is -0.641. The van der Waals surface area contributed by atoms with E-state index in [0.29, 0.717) is 16.5 Å². The molecule has 0 saturated carbocycles. The van der Waals surface area contributed by atoms with Gasteiger partial charge in [0.25, 0.3) is 11.4 Å². The van der Waals surface area contributed by atoms with Crippen LogP contribution < -0.4 is 11.2 Å². The average molecular weight is 339 g/mol. The Labute approximate surface area is 133 Å². The van der Waals surface area contributed by atoms with E-state index in [9.17, 15) is 9.59 Å². The fourth-order valence-electron chi connectivity index (χ4n) is 1.78.